The zero-order valence-electron chi connectivity index (χ0n) is 12.5. The van der Waals surface area contributed by atoms with Crippen molar-refractivity contribution in [2.24, 2.45) is 11.0 Å². The fraction of sp³-hybridized carbons (Fsp3) is 0.917. The lowest BCUT2D eigenvalue weighted by atomic mass is 9.88. The number of alkyl carbamates (subject to hydrolysis) is 1. The van der Waals surface area contributed by atoms with Gasteiger partial charge in [-0.2, -0.15) is 0 Å². The van der Waals surface area contributed by atoms with Gasteiger partial charge in [0.15, 0.2) is 0 Å². The highest BCUT2D eigenvalue weighted by Gasteiger charge is 2.35. The number of carbonyl (C=O) groups excluding carboxylic acids is 1. The number of hydrogen-bond donors (Lipinski definition) is 2. The van der Waals surface area contributed by atoms with E-state index < -0.39 is 23.3 Å². The third kappa shape index (κ3) is 6.88. The van der Waals surface area contributed by atoms with Gasteiger partial charge in [0, 0.05) is 4.91 Å². The van der Waals surface area contributed by atoms with Crippen molar-refractivity contribution in [3.05, 3.63) is 10.4 Å². The lowest BCUT2D eigenvalue weighted by molar-refractivity contribution is -0.00130. The minimum Gasteiger partial charge on any atom is -0.444 e. The Morgan fingerprint density at radius 2 is 1.95 bits per heavy atom. The molecule has 0 fully saturated rings. The first-order valence-electron chi connectivity index (χ1n) is 6.22. The maximum atomic E-state index is 11.7. The Kier molecular flexibility index (Phi) is 6.12. The molecule has 19 heavy (non-hydrogen) atoms. The molecule has 0 saturated carbocycles. The fourth-order valence-electron chi connectivity index (χ4n) is 1.75. The molecule has 7 nitrogen and oxygen atoms in total. The molecule has 0 bridgehead atoms. The molecule has 1 amide bonds. The third-order valence-corrected chi connectivity index (χ3v) is 2.46. The Bertz CT molecular complexity index is 354. The Hall–Kier alpha value is -1.46. The Balaban J connectivity index is 4.84. The van der Waals surface area contributed by atoms with E-state index in [0.29, 0.717) is 0 Å². The molecule has 2 N–H and O–H groups in total. The first kappa shape index (κ1) is 17.5. The van der Waals surface area contributed by atoms with Crippen LogP contribution in [0.1, 0.15) is 41.5 Å². The minimum absolute atomic E-state index is 0.0450. The molecule has 0 aliphatic carbocycles. The number of amides is 1. The standard InChI is InChI=1S/C12H24N4O3/c1-8(2)9(12(6,18)7-14-16-13)15-10(17)19-11(3,4)5/h8-9,18H,7H2,1-6H3,(H,15,17)/t9-,12+/m1/s1. The van der Waals surface area contributed by atoms with Crippen molar-refractivity contribution >= 4 is 6.09 Å². The predicted octanol–water partition coefficient (Wildman–Crippen LogP) is 2.60. The topological polar surface area (TPSA) is 107 Å². The van der Waals surface area contributed by atoms with Crippen LogP contribution in [-0.4, -0.2) is 35.0 Å². The minimum atomic E-state index is -1.34. The molecule has 0 saturated heterocycles. The molecule has 0 aliphatic rings. The first-order valence-corrected chi connectivity index (χ1v) is 6.22. The number of rotatable bonds is 5. The summed E-state index contributed by atoms with van der Waals surface area (Å²) >= 11 is 0. The summed E-state index contributed by atoms with van der Waals surface area (Å²) in [5.74, 6) is -0.0450. The second-order valence-electron chi connectivity index (χ2n) is 6.11. The van der Waals surface area contributed by atoms with Gasteiger partial charge >= 0.3 is 6.09 Å². The van der Waals surface area contributed by atoms with Crippen molar-refractivity contribution in [2.45, 2.75) is 58.8 Å². The van der Waals surface area contributed by atoms with Crippen LogP contribution < -0.4 is 5.32 Å². The largest absolute Gasteiger partial charge is 0.444 e. The summed E-state index contributed by atoms with van der Waals surface area (Å²) < 4.78 is 5.15. The molecule has 0 heterocycles. The van der Waals surface area contributed by atoms with E-state index in [4.69, 9.17) is 10.3 Å². The number of hydrogen-bond acceptors (Lipinski definition) is 4. The summed E-state index contributed by atoms with van der Waals surface area (Å²) in [5.41, 5.74) is 6.38. The quantitative estimate of drug-likeness (QED) is 0.456. The van der Waals surface area contributed by atoms with Crippen LogP contribution in [0.2, 0.25) is 0 Å². The van der Waals surface area contributed by atoms with Gasteiger partial charge in [0.2, 0.25) is 0 Å². The van der Waals surface area contributed by atoms with Crippen LogP contribution in [0.3, 0.4) is 0 Å². The van der Waals surface area contributed by atoms with Gasteiger partial charge in [-0.05, 0) is 39.1 Å². The van der Waals surface area contributed by atoms with Gasteiger partial charge in [0.05, 0.1) is 18.2 Å². The van der Waals surface area contributed by atoms with E-state index in [0.717, 1.165) is 0 Å². The van der Waals surface area contributed by atoms with Crippen molar-refractivity contribution in [3.8, 4) is 0 Å². The van der Waals surface area contributed by atoms with Crippen molar-refractivity contribution in [3.63, 3.8) is 0 Å². The van der Waals surface area contributed by atoms with E-state index in [2.05, 4.69) is 15.3 Å². The van der Waals surface area contributed by atoms with Crippen LogP contribution in [0.15, 0.2) is 5.11 Å². The highest BCUT2D eigenvalue weighted by Crippen LogP contribution is 2.19. The second-order valence-corrected chi connectivity index (χ2v) is 6.11. The number of nitrogens with one attached hydrogen (secondary N) is 1. The van der Waals surface area contributed by atoms with Crippen molar-refractivity contribution in [1.82, 2.24) is 5.32 Å². The summed E-state index contributed by atoms with van der Waals surface area (Å²) in [5, 5.41) is 16.3. The summed E-state index contributed by atoms with van der Waals surface area (Å²) in [7, 11) is 0. The van der Waals surface area contributed by atoms with E-state index in [9.17, 15) is 9.90 Å². The number of aliphatic hydroxyl groups is 1. The highest BCUT2D eigenvalue weighted by atomic mass is 16.6. The van der Waals surface area contributed by atoms with Gasteiger partial charge in [-0.1, -0.05) is 19.0 Å². The van der Waals surface area contributed by atoms with Crippen LogP contribution in [0.25, 0.3) is 10.4 Å². The molecule has 7 heteroatoms. The molecule has 110 valence electrons. The summed E-state index contributed by atoms with van der Waals surface area (Å²) in [6.07, 6.45) is -0.604. The molecule has 0 aromatic heterocycles. The second kappa shape index (κ2) is 6.63. The van der Waals surface area contributed by atoms with Crippen molar-refractivity contribution < 1.29 is 14.6 Å². The number of nitrogens with zero attached hydrogens (tertiary/aromatic N) is 3. The maximum absolute atomic E-state index is 11.7. The SMILES string of the molecule is CC(C)[C@@H](NC(=O)OC(C)(C)C)[C@@](C)(O)CN=[N+]=[N-]. The summed E-state index contributed by atoms with van der Waals surface area (Å²) in [4.78, 5) is 14.4. The van der Waals surface area contributed by atoms with E-state index in [1.54, 1.807) is 20.8 Å². The maximum Gasteiger partial charge on any atom is 0.407 e. The van der Waals surface area contributed by atoms with Crippen LogP contribution in [-0.2, 0) is 4.74 Å². The third-order valence-electron chi connectivity index (χ3n) is 2.46. The van der Waals surface area contributed by atoms with Gasteiger partial charge in [-0.25, -0.2) is 4.79 Å². The Morgan fingerprint density at radius 3 is 2.32 bits per heavy atom. The van der Waals surface area contributed by atoms with Crippen LogP contribution >= 0.6 is 0 Å². The molecule has 0 aliphatic heterocycles. The normalized spacial score (nSPS) is 16.2. The summed E-state index contributed by atoms with van der Waals surface area (Å²) in [6, 6.07) is -0.576. The molecular formula is C12H24N4O3. The predicted molar refractivity (Wildman–Crippen MR) is 72.6 cm³/mol. The molecule has 0 spiro atoms. The zero-order valence-corrected chi connectivity index (χ0v) is 12.5. The van der Waals surface area contributed by atoms with Gasteiger partial charge in [0.25, 0.3) is 0 Å². The number of ether oxygens (including phenoxy) is 1. The fourth-order valence-corrected chi connectivity index (χ4v) is 1.75. The molecular weight excluding hydrogens is 248 g/mol. The molecule has 0 aromatic carbocycles. The molecule has 2 atom stereocenters. The molecule has 0 unspecified atom stereocenters. The van der Waals surface area contributed by atoms with Gasteiger partial charge in [-0.15, -0.1) is 0 Å². The zero-order chi connectivity index (χ0) is 15.3. The Morgan fingerprint density at radius 1 is 1.42 bits per heavy atom. The highest BCUT2D eigenvalue weighted by molar-refractivity contribution is 5.68. The van der Waals surface area contributed by atoms with E-state index in [1.165, 1.54) is 6.92 Å². The van der Waals surface area contributed by atoms with Gasteiger partial charge in [0.1, 0.15) is 5.60 Å². The number of carbonyl (C=O) groups is 1. The monoisotopic (exact) mass is 272 g/mol. The van der Waals surface area contributed by atoms with Crippen LogP contribution in [0.4, 0.5) is 4.79 Å². The average molecular weight is 272 g/mol. The first-order chi connectivity index (χ1) is 8.49. The Labute approximate surface area is 114 Å². The van der Waals surface area contributed by atoms with E-state index in [1.807, 2.05) is 13.8 Å². The van der Waals surface area contributed by atoms with Crippen molar-refractivity contribution in [1.29, 1.82) is 0 Å². The lowest BCUT2D eigenvalue weighted by Crippen LogP contribution is -2.56. The molecule has 0 rings (SSSR count). The van der Waals surface area contributed by atoms with Gasteiger partial charge < -0.3 is 15.2 Å². The van der Waals surface area contributed by atoms with Crippen LogP contribution in [0.5, 0.6) is 0 Å². The van der Waals surface area contributed by atoms with Gasteiger partial charge in [-0.3, -0.25) is 0 Å². The van der Waals surface area contributed by atoms with E-state index >= 15 is 0 Å². The number of azide groups is 1. The molecule has 0 radical (unpaired) electrons. The van der Waals surface area contributed by atoms with E-state index in [-0.39, 0.29) is 12.5 Å². The van der Waals surface area contributed by atoms with Crippen LogP contribution in [0, 0.1) is 5.92 Å². The molecule has 0 aromatic rings. The lowest BCUT2D eigenvalue weighted by Gasteiger charge is -2.35. The smallest absolute Gasteiger partial charge is 0.407 e. The van der Waals surface area contributed by atoms with Crippen molar-refractivity contribution in [2.75, 3.05) is 6.54 Å². The summed E-state index contributed by atoms with van der Waals surface area (Å²) in [6.45, 7) is 10.4. The average Bonchev–Trinajstić information content (AvgIpc) is 2.20.